The van der Waals surface area contributed by atoms with Crippen molar-refractivity contribution in [2.45, 2.75) is 13.1 Å². The van der Waals surface area contributed by atoms with Gasteiger partial charge in [-0.2, -0.15) is 4.68 Å². The van der Waals surface area contributed by atoms with Crippen LogP contribution in [0.4, 0.5) is 0 Å². The van der Waals surface area contributed by atoms with Gasteiger partial charge in [0.25, 0.3) is 0 Å². The smallest absolute Gasteiger partial charge is 0.221 e. The lowest BCUT2D eigenvalue weighted by Crippen LogP contribution is -2.47. The fraction of sp³-hybridized carbons (Fsp3) is 0.350. The number of nitrogens with zero attached hydrogens (tertiary/aromatic N) is 6. The number of aromatic nitrogens is 4. The predicted molar refractivity (Wildman–Crippen MR) is 113 cm³/mol. The first-order valence-corrected chi connectivity index (χ1v) is 10.2. The van der Waals surface area contributed by atoms with E-state index < -0.39 is 0 Å². The normalized spacial score (nSPS) is 15.8. The van der Waals surface area contributed by atoms with Gasteiger partial charge in [-0.1, -0.05) is 41.9 Å². The molecule has 1 aliphatic heterocycles. The van der Waals surface area contributed by atoms with E-state index in [0.29, 0.717) is 16.5 Å². The first-order valence-electron chi connectivity index (χ1n) is 9.46. The van der Waals surface area contributed by atoms with Gasteiger partial charge >= 0.3 is 0 Å². The molecule has 0 N–H and O–H groups in total. The summed E-state index contributed by atoms with van der Waals surface area (Å²) in [6.07, 6.45) is 1.10. The Labute approximate surface area is 174 Å². The quantitative estimate of drug-likeness (QED) is 0.579. The topological polar surface area (TPSA) is 42.1 Å². The van der Waals surface area contributed by atoms with Crippen molar-refractivity contribution in [3.63, 3.8) is 0 Å². The first-order chi connectivity index (χ1) is 13.7. The van der Waals surface area contributed by atoms with Gasteiger partial charge in [0.2, 0.25) is 4.77 Å². The van der Waals surface area contributed by atoms with Gasteiger partial charge in [0.15, 0.2) is 0 Å². The third-order valence-electron chi connectivity index (χ3n) is 5.07. The Morgan fingerprint density at radius 2 is 1.54 bits per heavy atom. The lowest BCUT2D eigenvalue weighted by Gasteiger charge is -2.34. The van der Waals surface area contributed by atoms with E-state index >= 15 is 0 Å². The van der Waals surface area contributed by atoms with Crippen LogP contribution in [0, 0.1) is 4.77 Å². The SMILES string of the molecule is S=c1n(CN2CCN(CCc3ccccc3)CC2)nnn1-c1ccc(Cl)cc1. The molecule has 0 radical (unpaired) electrons. The Bertz CT molecular complexity index is 945. The van der Waals surface area contributed by atoms with Crippen molar-refractivity contribution in [3.05, 3.63) is 70.0 Å². The summed E-state index contributed by atoms with van der Waals surface area (Å²) >= 11 is 11.5. The second-order valence-corrected chi connectivity index (χ2v) is 7.79. The summed E-state index contributed by atoms with van der Waals surface area (Å²) in [5.41, 5.74) is 2.27. The van der Waals surface area contributed by atoms with Gasteiger partial charge in [-0.05, 0) is 58.9 Å². The van der Waals surface area contributed by atoms with E-state index in [0.717, 1.165) is 44.8 Å². The van der Waals surface area contributed by atoms with Gasteiger partial charge < -0.3 is 4.90 Å². The number of benzene rings is 2. The molecule has 2 aromatic carbocycles. The molecule has 0 aliphatic carbocycles. The van der Waals surface area contributed by atoms with Crippen LogP contribution in [0.5, 0.6) is 0 Å². The van der Waals surface area contributed by atoms with E-state index in [1.54, 1.807) is 9.36 Å². The van der Waals surface area contributed by atoms with E-state index in [-0.39, 0.29) is 0 Å². The van der Waals surface area contributed by atoms with Crippen LogP contribution in [-0.4, -0.2) is 62.3 Å². The van der Waals surface area contributed by atoms with Crippen molar-refractivity contribution >= 4 is 23.8 Å². The predicted octanol–water partition coefficient (Wildman–Crippen LogP) is 3.27. The molecule has 0 bridgehead atoms. The number of hydrogen-bond acceptors (Lipinski definition) is 5. The van der Waals surface area contributed by atoms with E-state index in [4.69, 9.17) is 23.8 Å². The molecule has 146 valence electrons. The van der Waals surface area contributed by atoms with Crippen LogP contribution in [0.3, 0.4) is 0 Å². The zero-order valence-electron chi connectivity index (χ0n) is 15.6. The zero-order valence-corrected chi connectivity index (χ0v) is 17.2. The van der Waals surface area contributed by atoms with Gasteiger partial charge in [0.05, 0.1) is 12.4 Å². The van der Waals surface area contributed by atoms with Crippen molar-refractivity contribution in [2.75, 3.05) is 32.7 Å². The molecule has 8 heteroatoms. The summed E-state index contributed by atoms with van der Waals surface area (Å²) in [5, 5.41) is 9.13. The van der Waals surface area contributed by atoms with Gasteiger partial charge in [0, 0.05) is 37.7 Å². The highest BCUT2D eigenvalue weighted by Gasteiger charge is 2.18. The maximum absolute atomic E-state index is 5.95. The van der Waals surface area contributed by atoms with Crippen LogP contribution in [0.25, 0.3) is 5.69 Å². The molecule has 1 saturated heterocycles. The molecule has 0 spiro atoms. The summed E-state index contributed by atoms with van der Waals surface area (Å²) < 4.78 is 4.04. The molecule has 2 heterocycles. The molecule has 1 aliphatic rings. The second-order valence-electron chi connectivity index (χ2n) is 6.99. The summed E-state index contributed by atoms with van der Waals surface area (Å²) in [7, 11) is 0. The Morgan fingerprint density at radius 3 is 2.25 bits per heavy atom. The Morgan fingerprint density at radius 1 is 0.857 bits per heavy atom. The van der Waals surface area contributed by atoms with Crippen molar-refractivity contribution in [1.82, 2.24) is 29.6 Å². The summed E-state index contributed by atoms with van der Waals surface area (Å²) in [6.45, 7) is 5.90. The zero-order chi connectivity index (χ0) is 19.3. The molecule has 1 aromatic heterocycles. The lowest BCUT2D eigenvalue weighted by molar-refractivity contribution is 0.103. The molecule has 0 unspecified atom stereocenters. The summed E-state index contributed by atoms with van der Waals surface area (Å²) in [5.74, 6) is 0. The monoisotopic (exact) mass is 414 g/mol. The van der Waals surface area contributed by atoms with Gasteiger partial charge in [-0.15, -0.1) is 0 Å². The largest absolute Gasteiger partial charge is 0.300 e. The number of halogens is 1. The molecule has 28 heavy (non-hydrogen) atoms. The van der Waals surface area contributed by atoms with Crippen molar-refractivity contribution < 1.29 is 0 Å². The molecule has 1 fully saturated rings. The summed E-state index contributed by atoms with van der Waals surface area (Å²) in [4.78, 5) is 4.89. The third kappa shape index (κ3) is 4.67. The van der Waals surface area contributed by atoms with Crippen LogP contribution in [0.2, 0.25) is 5.02 Å². The minimum absolute atomic E-state index is 0.592. The van der Waals surface area contributed by atoms with E-state index in [9.17, 15) is 0 Å². The Hall–Kier alpha value is -2.06. The Kier molecular flexibility index (Phi) is 6.17. The second kappa shape index (κ2) is 8.96. The fourth-order valence-corrected chi connectivity index (χ4v) is 3.75. The minimum Gasteiger partial charge on any atom is -0.300 e. The van der Waals surface area contributed by atoms with Crippen LogP contribution < -0.4 is 0 Å². The van der Waals surface area contributed by atoms with Gasteiger partial charge in [-0.25, -0.2) is 4.68 Å². The van der Waals surface area contributed by atoms with Crippen molar-refractivity contribution in [2.24, 2.45) is 0 Å². The number of rotatable bonds is 6. The molecule has 0 saturated carbocycles. The average molecular weight is 415 g/mol. The summed E-state index contributed by atoms with van der Waals surface area (Å²) in [6, 6.07) is 18.1. The van der Waals surface area contributed by atoms with Gasteiger partial charge in [-0.3, -0.25) is 4.90 Å². The molecule has 3 aromatic rings. The van der Waals surface area contributed by atoms with Crippen LogP contribution in [0.15, 0.2) is 54.6 Å². The van der Waals surface area contributed by atoms with E-state index in [1.165, 1.54) is 5.56 Å². The molecular formula is C20H23ClN6S. The highest BCUT2D eigenvalue weighted by atomic mass is 35.5. The van der Waals surface area contributed by atoms with E-state index in [1.807, 2.05) is 24.3 Å². The Balaban J connectivity index is 1.30. The molecule has 4 rings (SSSR count). The highest BCUT2D eigenvalue weighted by Crippen LogP contribution is 2.13. The molecule has 6 nitrogen and oxygen atoms in total. The third-order valence-corrected chi connectivity index (χ3v) is 5.70. The highest BCUT2D eigenvalue weighted by molar-refractivity contribution is 7.71. The van der Waals surface area contributed by atoms with Crippen LogP contribution in [0.1, 0.15) is 5.56 Å². The maximum atomic E-state index is 5.95. The number of piperazine rings is 1. The van der Waals surface area contributed by atoms with E-state index in [2.05, 4.69) is 50.6 Å². The molecule has 0 amide bonds. The maximum Gasteiger partial charge on any atom is 0.221 e. The lowest BCUT2D eigenvalue weighted by atomic mass is 10.1. The van der Waals surface area contributed by atoms with Crippen LogP contribution >= 0.6 is 23.8 Å². The van der Waals surface area contributed by atoms with Crippen molar-refractivity contribution in [3.8, 4) is 5.69 Å². The standard InChI is InChI=1S/C20H23ClN6S/c21-18-6-8-19(9-7-18)27-20(28)26(22-23-27)16-25-14-12-24(13-15-25)11-10-17-4-2-1-3-5-17/h1-9H,10-16H2. The molecular weight excluding hydrogens is 392 g/mol. The minimum atomic E-state index is 0.592. The average Bonchev–Trinajstić information content (AvgIpc) is 3.09. The van der Waals surface area contributed by atoms with Crippen molar-refractivity contribution in [1.29, 1.82) is 0 Å². The first kappa shape index (κ1) is 19.3. The number of tetrazole rings is 1. The van der Waals surface area contributed by atoms with Crippen LogP contribution in [-0.2, 0) is 13.1 Å². The molecule has 0 atom stereocenters. The number of hydrogen-bond donors (Lipinski definition) is 0. The fourth-order valence-electron chi connectivity index (χ4n) is 3.38. The van der Waals surface area contributed by atoms with Gasteiger partial charge in [0.1, 0.15) is 0 Å².